The van der Waals surface area contributed by atoms with Crippen molar-refractivity contribution in [2.75, 3.05) is 67.0 Å². The van der Waals surface area contributed by atoms with Crippen molar-refractivity contribution in [3.63, 3.8) is 0 Å². The Kier molecular flexibility index (Phi) is 8.01. The summed E-state index contributed by atoms with van der Waals surface area (Å²) in [6, 6.07) is 8.31. The van der Waals surface area contributed by atoms with Crippen LogP contribution in [0.4, 0.5) is 4.79 Å². The van der Waals surface area contributed by atoms with Gasteiger partial charge in [-0.25, -0.2) is 4.79 Å². The molecule has 2 amide bonds. The second-order valence-electron chi connectivity index (χ2n) is 6.82. The normalized spacial score (nSPS) is 15.4. The Labute approximate surface area is 151 Å². The van der Waals surface area contributed by atoms with E-state index in [1.807, 2.05) is 31.1 Å². The highest BCUT2D eigenvalue weighted by Crippen LogP contribution is 2.13. The number of methoxy groups -OCH3 is 1. The second-order valence-corrected chi connectivity index (χ2v) is 6.82. The van der Waals surface area contributed by atoms with E-state index >= 15 is 0 Å². The van der Waals surface area contributed by atoms with E-state index in [1.165, 1.54) is 5.56 Å². The van der Waals surface area contributed by atoms with E-state index in [9.17, 15) is 4.79 Å². The predicted molar refractivity (Wildman–Crippen MR) is 101 cm³/mol. The van der Waals surface area contributed by atoms with Crippen molar-refractivity contribution >= 4 is 6.03 Å². The molecule has 140 valence electrons. The van der Waals surface area contributed by atoms with Gasteiger partial charge in [0, 0.05) is 39.3 Å². The SMILES string of the molecule is COc1cccc(CCN2CCN(C(=O)NCCCN(C)C)CC2)c1. The highest BCUT2D eigenvalue weighted by atomic mass is 16.5. The summed E-state index contributed by atoms with van der Waals surface area (Å²) in [6.07, 6.45) is 1.99. The largest absolute Gasteiger partial charge is 0.497 e. The number of carbonyl (C=O) groups is 1. The van der Waals surface area contributed by atoms with Crippen LogP contribution in [0.1, 0.15) is 12.0 Å². The summed E-state index contributed by atoms with van der Waals surface area (Å²) in [4.78, 5) is 18.7. The van der Waals surface area contributed by atoms with Crippen molar-refractivity contribution < 1.29 is 9.53 Å². The van der Waals surface area contributed by atoms with Crippen molar-refractivity contribution in [2.24, 2.45) is 0 Å². The molecule has 0 atom stereocenters. The van der Waals surface area contributed by atoms with Crippen LogP contribution in [0.15, 0.2) is 24.3 Å². The Hall–Kier alpha value is -1.79. The molecule has 0 saturated carbocycles. The van der Waals surface area contributed by atoms with Gasteiger partial charge in [0.25, 0.3) is 0 Å². The molecule has 0 unspecified atom stereocenters. The van der Waals surface area contributed by atoms with Crippen LogP contribution in [0.25, 0.3) is 0 Å². The molecule has 1 fully saturated rings. The molecular weight excluding hydrogens is 316 g/mol. The molecule has 1 heterocycles. The number of nitrogens with zero attached hydrogens (tertiary/aromatic N) is 3. The fourth-order valence-corrected chi connectivity index (χ4v) is 2.99. The third-order valence-electron chi connectivity index (χ3n) is 4.57. The standard InChI is InChI=1S/C19H32N4O2/c1-21(2)10-5-9-20-19(24)23-14-12-22(13-15-23)11-8-17-6-4-7-18(16-17)25-3/h4,6-7,16H,5,8-15H2,1-3H3,(H,20,24). The molecule has 0 spiro atoms. The lowest BCUT2D eigenvalue weighted by Gasteiger charge is -2.34. The summed E-state index contributed by atoms with van der Waals surface area (Å²) < 4.78 is 5.27. The van der Waals surface area contributed by atoms with Crippen LogP contribution in [0, 0.1) is 0 Å². The first kappa shape index (κ1) is 19.5. The number of rotatable bonds is 8. The Morgan fingerprint density at radius 2 is 2.00 bits per heavy atom. The van der Waals surface area contributed by atoms with E-state index in [0.29, 0.717) is 0 Å². The number of ether oxygens (including phenoxy) is 1. The zero-order valence-electron chi connectivity index (χ0n) is 15.8. The van der Waals surface area contributed by atoms with Gasteiger partial charge in [-0.1, -0.05) is 12.1 Å². The summed E-state index contributed by atoms with van der Waals surface area (Å²) in [7, 11) is 5.79. The zero-order valence-corrected chi connectivity index (χ0v) is 15.8. The highest BCUT2D eigenvalue weighted by Gasteiger charge is 2.20. The molecule has 0 aromatic heterocycles. The highest BCUT2D eigenvalue weighted by molar-refractivity contribution is 5.74. The van der Waals surface area contributed by atoms with E-state index in [-0.39, 0.29) is 6.03 Å². The second kappa shape index (κ2) is 10.3. The maximum Gasteiger partial charge on any atom is 0.317 e. The van der Waals surface area contributed by atoms with Gasteiger partial charge in [-0.05, 0) is 51.2 Å². The summed E-state index contributed by atoms with van der Waals surface area (Å²) in [5.74, 6) is 0.910. The van der Waals surface area contributed by atoms with Gasteiger partial charge in [-0.15, -0.1) is 0 Å². The van der Waals surface area contributed by atoms with Gasteiger partial charge in [0.1, 0.15) is 5.75 Å². The number of nitrogens with one attached hydrogen (secondary N) is 1. The van der Waals surface area contributed by atoms with Gasteiger partial charge in [0.05, 0.1) is 7.11 Å². The lowest BCUT2D eigenvalue weighted by molar-refractivity contribution is 0.140. The number of hydrogen-bond acceptors (Lipinski definition) is 4. The molecule has 6 heteroatoms. The summed E-state index contributed by atoms with van der Waals surface area (Å²) in [6.45, 7) is 6.25. The van der Waals surface area contributed by atoms with E-state index in [1.54, 1.807) is 7.11 Å². The lowest BCUT2D eigenvalue weighted by Crippen LogP contribution is -2.52. The monoisotopic (exact) mass is 348 g/mol. The Morgan fingerprint density at radius 1 is 1.24 bits per heavy atom. The molecule has 0 aliphatic carbocycles. The minimum absolute atomic E-state index is 0.0752. The molecule has 1 aliphatic heterocycles. The average molecular weight is 348 g/mol. The average Bonchev–Trinajstić information content (AvgIpc) is 2.64. The molecule has 1 aromatic rings. The molecule has 6 nitrogen and oxygen atoms in total. The summed E-state index contributed by atoms with van der Waals surface area (Å²) in [5.41, 5.74) is 1.29. The van der Waals surface area contributed by atoms with Gasteiger partial charge in [0.15, 0.2) is 0 Å². The number of urea groups is 1. The van der Waals surface area contributed by atoms with Gasteiger partial charge in [-0.2, -0.15) is 0 Å². The van der Waals surface area contributed by atoms with E-state index in [2.05, 4.69) is 27.2 Å². The first-order chi connectivity index (χ1) is 12.1. The van der Waals surface area contributed by atoms with Crippen LogP contribution in [0.5, 0.6) is 5.75 Å². The van der Waals surface area contributed by atoms with Gasteiger partial charge >= 0.3 is 6.03 Å². The minimum atomic E-state index is 0.0752. The first-order valence-electron chi connectivity index (χ1n) is 9.11. The Balaban J connectivity index is 1.64. The molecule has 1 N–H and O–H groups in total. The number of hydrogen-bond donors (Lipinski definition) is 1. The fraction of sp³-hybridized carbons (Fsp3) is 0.632. The number of benzene rings is 1. The van der Waals surface area contributed by atoms with Crippen molar-refractivity contribution in [1.82, 2.24) is 20.0 Å². The summed E-state index contributed by atoms with van der Waals surface area (Å²) >= 11 is 0. The Bertz CT molecular complexity index is 528. The third kappa shape index (κ3) is 6.92. The number of amides is 2. The Morgan fingerprint density at radius 3 is 2.68 bits per heavy atom. The van der Waals surface area contributed by atoms with Crippen LogP contribution >= 0.6 is 0 Å². The molecule has 2 rings (SSSR count). The van der Waals surface area contributed by atoms with Gasteiger partial charge < -0.3 is 19.9 Å². The predicted octanol–water partition coefficient (Wildman–Crippen LogP) is 1.52. The smallest absolute Gasteiger partial charge is 0.317 e. The molecule has 25 heavy (non-hydrogen) atoms. The molecule has 1 saturated heterocycles. The number of piperazine rings is 1. The minimum Gasteiger partial charge on any atom is -0.497 e. The molecular formula is C19H32N4O2. The van der Waals surface area contributed by atoms with Crippen LogP contribution < -0.4 is 10.1 Å². The van der Waals surface area contributed by atoms with Gasteiger partial charge in [-0.3, -0.25) is 4.90 Å². The van der Waals surface area contributed by atoms with Crippen LogP contribution in [-0.2, 0) is 6.42 Å². The van der Waals surface area contributed by atoms with Crippen LogP contribution in [0.3, 0.4) is 0 Å². The van der Waals surface area contributed by atoms with E-state index in [0.717, 1.165) is 64.4 Å². The topological polar surface area (TPSA) is 48.1 Å². The fourth-order valence-electron chi connectivity index (χ4n) is 2.99. The van der Waals surface area contributed by atoms with Crippen molar-refractivity contribution in [2.45, 2.75) is 12.8 Å². The van der Waals surface area contributed by atoms with Crippen molar-refractivity contribution in [3.05, 3.63) is 29.8 Å². The molecule has 0 radical (unpaired) electrons. The third-order valence-corrected chi connectivity index (χ3v) is 4.57. The summed E-state index contributed by atoms with van der Waals surface area (Å²) in [5, 5.41) is 3.02. The maximum absolute atomic E-state index is 12.2. The van der Waals surface area contributed by atoms with E-state index in [4.69, 9.17) is 4.74 Å². The van der Waals surface area contributed by atoms with Crippen LogP contribution in [-0.4, -0.2) is 87.7 Å². The van der Waals surface area contributed by atoms with E-state index < -0.39 is 0 Å². The molecule has 1 aliphatic rings. The molecule has 1 aromatic carbocycles. The lowest BCUT2D eigenvalue weighted by atomic mass is 10.1. The molecule has 0 bridgehead atoms. The van der Waals surface area contributed by atoms with Gasteiger partial charge in [0.2, 0.25) is 0 Å². The van der Waals surface area contributed by atoms with Crippen molar-refractivity contribution in [3.8, 4) is 5.75 Å². The number of carbonyl (C=O) groups excluding carboxylic acids is 1. The zero-order chi connectivity index (χ0) is 18.1. The first-order valence-corrected chi connectivity index (χ1v) is 9.11. The van der Waals surface area contributed by atoms with Crippen molar-refractivity contribution in [1.29, 1.82) is 0 Å². The van der Waals surface area contributed by atoms with Crippen LogP contribution in [0.2, 0.25) is 0 Å². The quantitative estimate of drug-likeness (QED) is 0.724. The maximum atomic E-state index is 12.2.